The quantitative estimate of drug-likeness (QED) is 0.0269. The minimum atomic E-state index is -1.11. The maximum atomic E-state index is 13.2. The van der Waals surface area contributed by atoms with Crippen LogP contribution in [0.15, 0.2) is 25.0 Å². The number of nitrogens with one attached hydrogen (secondary N) is 1. The number of aliphatic hydroxyl groups is 1. The summed E-state index contributed by atoms with van der Waals surface area (Å²) in [6.07, 6.45) is 18.6. The average Bonchev–Trinajstić information content (AvgIpc) is 3.06. The van der Waals surface area contributed by atoms with Crippen molar-refractivity contribution >= 4 is 17.8 Å². The molecule has 1 unspecified atom stereocenters. The van der Waals surface area contributed by atoms with E-state index in [0.717, 1.165) is 44.9 Å². The molecule has 0 aromatic carbocycles. The number of unbranched alkanes of at least 4 members (excludes halogenated alkanes) is 15. The first kappa shape index (κ1) is 42.6. The minimum absolute atomic E-state index is 0.0613. The van der Waals surface area contributed by atoms with Gasteiger partial charge in [0, 0.05) is 13.0 Å². The highest BCUT2D eigenvalue weighted by molar-refractivity contribution is 5.98. The van der Waals surface area contributed by atoms with Gasteiger partial charge in [-0.05, 0) is 19.8 Å². The van der Waals surface area contributed by atoms with Crippen molar-refractivity contribution in [1.82, 2.24) is 5.32 Å². The normalized spacial score (nSPS) is 21.0. The van der Waals surface area contributed by atoms with E-state index in [-0.39, 0.29) is 18.8 Å². The third-order valence-electron chi connectivity index (χ3n) is 8.28. The molecule has 47 heavy (non-hydrogen) atoms. The second kappa shape index (κ2) is 28.6. The summed E-state index contributed by atoms with van der Waals surface area (Å²) < 4.78 is 28.7. The SMILES string of the molecule is C=CCOC(=O)O[C@H]1[C@H](OCCCCCCCCCC)[C@@H](NC(=O)CC(=O)CCCCCCCCCCC)C(OC=CC)O[C@@H]1CO. The molecule has 1 aliphatic rings. The van der Waals surface area contributed by atoms with Crippen molar-refractivity contribution in [3.63, 3.8) is 0 Å². The van der Waals surface area contributed by atoms with Gasteiger partial charge >= 0.3 is 6.16 Å². The van der Waals surface area contributed by atoms with Crippen molar-refractivity contribution in [3.8, 4) is 0 Å². The maximum absolute atomic E-state index is 13.2. The van der Waals surface area contributed by atoms with Crippen LogP contribution in [0.25, 0.3) is 0 Å². The van der Waals surface area contributed by atoms with Gasteiger partial charge in [0.15, 0.2) is 6.10 Å². The minimum Gasteiger partial charge on any atom is -0.471 e. The zero-order valence-electron chi connectivity index (χ0n) is 29.6. The summed E-state index contributed by atoms with van der Waals surface area (Å²) >= 11 is 0. The molecule has 1 heterocycles. The summed E-state index contributed by atoms with van der Waals surface area (Å²) in [5, 5.41) is 13.0. The van der Waals surface area contributed by atoms with Crippen LogP contribution in [0.5, 0.6) is 0 Å². The second-order valence-electron chi connectivity index (χ2n) is 12.5. The van der Waals surface area contributed by atoms with Crippen molar-refractivity contribution in [2.75, 3.05) is 19.8 Å². The molecule has 0 aromatic rings. The van der Waals surface area contributed by atoms with Crippen molar-refractivity contribution in [1.29, 1.82) is 0 Å². The van der Waals surface area contributed by atoms with Crippen LogP contribution in [-0.4, -0.2) is 73.4 Å². The van der Waals surface area contributed by atoms with E-state index >= 15 is 0 Å². The van der Waals surface area contributed by atoms with Gasteiger partial charge in [-0.3, -0.25) is 9.59 Å². The molecule has 0 radical (unpaired) electrons. The number of allylic oxidation sites excluding steroid dienone is 1. The summed E-state index contributed by atoms with van der Waals surface area (Å²) in [5.74, 6) is -0.636. The number of carbonyl (C=O) groups excluding carboxylic acids is 3. The highest BCUT2D eigenvalue weighted by Gasteiger charge is 2.50. The lowest BCUT2D eigenvalue weighted by molar-refractivity contribution is -0.265. The Kier molecular flexibility index (Phi) is 25.9. The van der Waals surface area contributed by atoms with Gasteiger partial charge in [0.05, 0.1) is 19.3 Å². The van der Waals surface area contributed by atoms with Gasteiger partial charge in [0.2, 0.25) is 12.2 Å². The molecular weight excluding hydrogens is 602 g/mol. The standard InChI is InChI=1S/C37H65NO9/c1-5-9-11-13-15-17-18-20-22-24-30(40)28-32(41)38-33-35(43-27-23-21-19-16-14-12-10-6-2)34(47-37(42)45-26-8-4)31(29-39)46-36(33)44-25-7-3/h7-8,25,31,33-36,39H,4-6,9-24,26-29H2,1-3H3,(H,38,41)/t31-,33-,34-,35-,36?/m1/s1. The summed E-state index contributed by atoms with van der Waals surface area (Å²) in [4.78, 5) is 38.4. The smallest absolute Gasteiger partial charge is 0.471 e. The predicted molar refractivity (Wildman–Crippen MR) is 184 cm³/mol. The molecule has 0 bridgehead atoms. The molecule has 5 atom stereocenters. The van der Waals surface area contributed by atoms with Gasteiger partial charge in [-0.25, -0.2) is 4.79 Å². The first-order chi connectivity index (χ1) is 22.9. The Labute approximate surface area is 284 Å². The highest BCUT2D eigenvalue weighted by atomic mass is 16.8. The molecule has 0 aliphatic carbocycles. The third kappa shape index (κ3) is 19.9. The molecule has 1 aliphatic heterocycles. The van der Waals surface area contributed by atoms with Gasteiger partial charge in [0.25, 0.3) is 0 Å². The molecule has 1 fully saturated rings. The average molecular weight is 668 g/mol. The van der Waals surface area contributed by atoms with Crippen molar-refractivity contribution in [2.45, 2.75) is 173 Å². The molecule has 0 spiro atoms. The number of hydrogen-bond acceptors (Lipinski definition) is 9. The topological polar surface area (TPSA) is 130 Å². The Morgan fingerprint density at radius 2 is 1.40 bits per heavy atom. The fourth-order valence-corrected chi connectivity index (χ4v) is 5.68. The summed E-state index contributed by atoms with van der Waals surface area (Å²) in [7, 11) is 0. The van der Waals surface area contributed by atoms with E-state index in [4.69, 9.17) is 23.7 Å². The van der Waals surface area contributed by atoms with Crippen LogP contribution in [-0.2, 0) is 33.3 Å². The number of Topliss-reactive ketones (excluding diaryl/α,β-unsaturated/α-hetero) is 1. The van der Waals surface area contributed by atoms with Crippen LogP contribution in [0, 0.1) is 0 Å². The summed E-state index contributed by atoms with van der Waals surface area (Å²) in [5.41, 5.74) is 0. The van der Waals surface area contributed by atoms with Crippen LogP contribution in [0.4, 0.5) is 4.79 Å². The Balaban J connectivity index is 2.88. The zero-order chi connectivity index (χ0) is 34.5. The molecule has 10 nitrogen and oxygen atoms in total. The van der Waals surface area contributed by atoms with E-state index in [1.165, 1.54) is 76.5 Å². The van der Waals surface area contributed by atoms with E-state index in [1.54, 1.807) is 13.0 Å². The van der Waals surface area contributed by atoms with Gasteiger partial charge in [-0.2, -0.15) is 0 Å². The largest absolute Gasteiger partial charge is 0.509 e. The van der Waals surface area contributed by atoms with Crippen LogP contribution < -0.4 is 5.32 Å². The van der Waals surface area contributed by atoms with Crippen LogP contribution in [0.3, 0.4) is 0 Å². The van der Waals surface area contributed by atoms with Crippen LogP contribution in [0.2, 0.25) is 0 Å². The van der Waals surface area contributed by atoms with Crippen molar-refractivity contribution < 1.29 is 43.2 Å². The van der Waals surface area contributed by atoms with E-state index in [2.05, 4.69) is 25.7 Å². The molecule has 272 valence electrons. The lowest BCUT2D eigenvalue weighted by Crippen LogP contribution is -2.66. The number of aliphatic hydroxyl groups excluding tert-OH is 1. The fourth-order valence-electron chi connectivity index (χ4n) is 5.68. The van der Waals surface area contributed by atoms with Gasteiger partial charge in [-0.15, -0.1) is 0 Å². The molecule has 1 saturated heterocycles. The Hall–Kier alpha value is -2.43. The Morgan fingerprint density at radius 1 is 0.830 bits per heavy atom. The molecular formula is C37H65NO9. The molecule has 1 amide bonds. The lowest BCUT2D eigenvalue weighted by Gasteiger charge is -2.44. The summed E-state index contributed by atoms with van der Waals surface area (Å²) in [6.45, 7) is 9.50. The molecule has 1 rings (SSSR count). The number of ketones is 1. The van der Waals surface area contributed by atoms with Crippen LogP contribution >= 0.6 is 0 Å². The number of carbonyl (C=O) groups is 3. The predicted octanol–water partition coefficient (Wildman–Crippen LogP) is 7.85. The number of hydrogen-bond donors (Lipinski definition) is 2. The van der Waals surface area contributed by atoms with Gasteiger partial charge < -0.3 is 34.1 Å². The van der Waals surface area contributed by atoms with Gasteiger partial charge in [-0.1, -0.05) is 129 Å². The molecule has 2 N–H and O–H groups in total. The van der Waals surface area contributed by atoms with E-state index in [9.17, 15) is 19.5 Å². The molecule has 0 aromatic heterocycles. The lowest BCUT2D eigenvalue weighted by atomic mass is 9.95. The zero-order valence-corrected chi connectivity index (χ0v) is 29.6. The summed E-state index contributed by atoms with van der Waals surface area (Å²) in [6, 6.07) is -0.937. The van der Waals surface area contributed by atoms with E-state index in [0.29, 0.717) is 13.0 Å². The Bertz CT molecular complexity index is 865. The highest BCUT2D eigenvalue weighted by Crippen LogP contribution is 2.28. The number of amides is 1. The second-order valence-corrected chi connectivity index (χ2v) is 12.5. The van der Waals surface area contributed by atoms with Crippen LogP contribution in [0.1, 0.15) is 143 Å². The maximum Gasteiger partial charge on any atom is 0.509 e. The third-order valence-corrected chi connectivity index (χ3v) is 8.28. The van der Waals surface area contributed by atoms with Gasteiger partial charge in [0.1, 0.15) is 30.6 Å². The fraction of sp³-hybridized carbons (Fsp3) is 0.811. The first-order valence-electron chi connectivity index (χ1n) is 18.3. The Morgan fingerprint density at radius 3 is 1.96 bits per heavy atom. The molecule has 10 heteroatoms. The number of ether oxygens (including phenoxy) is 5. The monoisotopic (exact) mass is 667 g/mol. The number of rotatable bonds is 29. The first-order valence-corrected chi connectivity index (χ1v) is 18.3. The molecule has 0 saturated carbocycles. The van der Waals surface area contributed by atoms with E-state index in [1.807, 2.05) is 0 Å². The van der Waals surface area contributed by atoms with Crippen molar-refractivity contribution in [3.05, 3.63) is 25.0 Å². The van der Waals surface area contributed by atoms with E-state index < -0.39 is 49.3 Å². The van der Waals surface area contributed by atoms with Crippen molar-refractivity contribution in [2.24, 2.45) is 0 Å².